The number of hydrogen-bond acceptors (Lipinski definition) is 2. The molecule has 64 valence electrons. The molecule has 0 fully saturated rings. The summed E-state index contributed by atoms with van der Waals surface area (Å²) in [5, 5.41) is 8.69. The number of rotatable bonds is 1. The van der Waals surface area contributed by atoms with E-state index in [9.17, 15) is 9.59 Å². The fourth-order valence-electron chi connectivity index (χ4n) is 1.26. The molecule has 1 amide bonds. The van der Waals surface area contributed by atoms with Gasteiger partial charge < -0.3 is 5.11 Å². The summed E-state index contributed by atoms with van der Waals surface area (Å²) >= 11 is 0. The molecular formula is C9H5NO3. The maximum Gasteiger partial charge on any atom is 0.355 e. The number of hydrogen-bond donors (Lipinski definition) is 1. The molecule has 1 aliphatic heterocycles. The van der Waals surface area contributed by atoms with Crippen molar-refractivity contribution in [3.63, 3.8) is 0 Å². The highest BCUT2D eigenvalue weighted by atomic mass is 16.4. The Bertz CT molecular complexity index is 434. The largest absolute Gasteiger partial charge is 0.476 e. The molecule has 2 rings (SSSR count). The van der Waals surface area contributed by atoms with Crippen molar-refractivity contribution < 1.29 is 14.7 Å². The molecule has 1 N–H and O–H groups in total. The fraction of sp³-hybridized carbons (Fsp3) is 0. The van der Waals surface area contributed by atoms with E-state index in [1.807, 2.05) is 0 Å². The van der Waals surface area contributed by atoms with Crippen LogP contribution in [0.15, 0.2) is 29.3 Å². The summed E-state index contributed by atoms with van der Waals surface area (Å²) in [6.45, 7) is 0. The Kier molecular flexibility index (Phi) is 1.48. The second-order valence-electron chi connectivity index (χ2n) is 2.62. The first-order valence-corrected chi connectivity index (χ1v) is 3.66. The molecule has 0 atom stereocenters. The monoisotopic (exact) mass is 175 g/mol. The molecule has 0 radical (unpaired) electrons. The number of aliphatic carboxylic acids is 1. The number of nitrogens with zero attached hydrogens (tertiary/aromatic N) is 1. The minimum atomic E-state index is -1.17. The highest BCUT2D eigenvalue weighted by molar-refractivity contribution is 6.48. The lowest BCUT2D eigenvalue weighted by atomic mass is 10.1. The molecular weight excluding hydrogens is 170 g/mol. The molecule has 0 saturated heterocycles. The first-order valence-electron chi connectivity index (χ1n) is 3.66. The molecule has 4 nitrogen and oxygen atoms in total. The second-order valence-corrected chi connectivity index (χ2v) is 2.62. The van der Waals surface area contributed by atoms with Gasteiger partial charge in [0.15, 0.2) is 5.71 Å². The van der Waals surface area contributed by atoms with Gasteiger partial charge in [-0.25, -0.2) is 9.79 Å². The van der Waals surface area contributed by atoms with Gasteiger partial charge in [-0.1, -0.05) is 18.2 Å². The van der Waals surface area contributed by atoms with Crippen molar-refractivity contribution >= 4 is 17.6 Å². The molecule has 1 heterocycles. The summed E-state index contributed by atoms with van der Waals surface area (Å²) < 4.78 is 0. The summed E-state index contributed by atoms with van der Waals surface area (Å²) in [5.74, 6) is -1.65. The van der Waals surface area contributed by atoms with Crippen molar-refractivity contribution in [1.29, 1.82) is 0 Å². The summed E-state index contributed by atoms with van der Waals surface area (Å²) in [6, 6.07) is 6.50. The molecule has 1 aromatic rings. The van der Waals surface area contributed by atoms with Gasteiger partial charge in [0.2, 0.25) is 0 Å². The van der Waals surface area contributed by atoms with E-state index in [-0.39, 0.29) is 5.71 Å². The van der Waals surface area contributed by atoms with Crippen LogP contribution < -0.4 is 0 Å². The molecule has 1 aromatic carbocycles. The van der Waals surface area contributed by atoms with Crippen LogP contribution in [0.1, 0.15) is 15.9 Å². The van der Waals surface area contributed by atoms with Gasteiger partial charge in [0.25, 0.3) is 5.91 Å². The Hall–Kier alpha value is -1.97. The molecule has 4 heteroatoms. The molecule has 0 bridgehead atoms. The van der Waals surface area contributed by atoms with Crippen molar-refractivity contribution in [3.8, 4) is 0 Å². The SMILES string of the molecule is O=C(O)C1=NC(=O)c2ccccc21. The predicted octanol–water partition coefficient (Wildman–Crippen LogP) is 0.714. The topological polar surface area (TPSA) is 66.7 Å². The van der Waals surface area contributed by atoms with Gasteiger partial charge in [-0.3, -0.25) is 4.79 Å². The molecule has 0 aromatic heterocycles. The second kappa shape index (κ2) is 2.52. The predicted molar refractivity (Wildman–Crippen MR) is 44.9 cm³/mol. The third kappa shape index (κ3) is 1.03. The first kappa shape index (κ1) is 7.67. The molecule has 0 aliphatic carbocycles. The van der Waals surface area contributed by atoms with E-state index in [1.165, 1.54) is 0 Å². The third-order valence-electron chi connectivity index (χ3n) is 1.83. The number of carboxylic acid groups (broad SMARTS) is 1. The van der Waals surface area contributed by atoms with E-state index < -0.39 is 11.9 Å². The van der Waals surface area contributed by atoms with E-state index >= 15 is 0 Å². The summed E-state index contributed by atoms with van der Waals surface area (Å²) in [7, 11) is 0. The van der Waals surface area contributed by atoms with Crippen LogP contribution in [0.5, 0.6) is 0 Å². The summed E-state index contributed by atoms with van der Waals surface area (Å²) in [4.78, 5) is 25.2. The molecule has 0 unspecified atom stereocenters. The average Bonchev–Trinajstić information content (AvgIpc) is 2.45. The van der Waals surface area contributed by atoms with Crippen LogP contribution >= 0.6 is 0 Å². The Balaban J connectivity index is 2.64. The van der Waals surface area contributed by atoms with E-state index in [0.29, 0.717) is 11.1 Å². The van der Waals surface area contributed by atoms with Crippen molar-refractivity contribution in [2.75, 3.05) is 0 Å². The van der Waals surface area contributed by atoms with Crippen LogP contribution in [0, 0.1) is 0 Å². The van der Waals surface area contributed by atoms with E-state index in [4.69, 9.17) is 5.11 Å². The highest BCUT2D eigenvalue weighted by Gasteiger charge is 2.26. The fourth-order valence-corrected chi connectivity index (χ4v) is 1.26. The lowest BCUT2D eigenvalue weighted by molar-refractivity contribution is -0.129. The number of carbonyl (C=O) groups is 2. The van der Waals surface area contributed by atoms with E-state index in [1.54, 1.807) is 24.3 Å². The minimum Gasteiger partial charge on any atom is -0.476 e. The maximum atomic E-state index is 11.1. The minimum absolute atomic E-state index is 0.166. The van der Waals surface area contributed by atoms with Crippen LogP contribution in [0.4, 0.5) is 0 Å². The maximum absolute atomic E-state index is 11.1. The first-order chi connectivity index (χ1) is 6.20. The van der Waals surface area contributed by atoms with Gasteiger partial charge in [-0.15, -0.1) is 0 Å². The average molecular weight is 175 g/mol. The third-order valence-corrected chi connectivity index (χ3v) is 1.83. The van der Waals surface area contributed by atoms with Crippen LogP contribution in [-0.4, -0.2) is 22.7 Å². The summed E-state index contributed by atoms with van der Waals surface area (Å²) in [5.41, 5.74) is 0.598. The highest BCUT2D eigenvalue weighted by Crippen LogP contribution is 2.18. The van der Waals surface area contributed by atoms with Gasteiger partial charge in [-0.2, -0.15) is 0 Å². The smallest absolute Gasteiger partial charge is 0.355 e. The molecule has 13 heavy (non-hydrogen) atoms. The molecule has 0 saturated carbocycles. The van der Waals surface area contributed by atoms with Gasteiger partial charge in [0, 0.05) is 5.56 Å². The number of carboxylic acids is 1. The summed E-state index contributed by atoms with van der Waals surface area (Å²) in [6.07, 6.45) is 0. The zero-order valence-electron chi connectivity index (χ0n) is 6.52. The number of benzene rings is 1. The standard InChI is InChI=1S/C9H5NO3/c11-8-6-4-2-1-3-5(6)7(10-8)9(12)13/h1-4H,(H,12,13). The van der Waals surface area contributed by atoms with Crippen molar-refractivity contribution in [1.82, 2.24) is 0 Å². The van der Waals surface area contributed by atoms with E-state index in [0.717, 1.165) is 0 Å². The number of aliphatic imine (C=N–C) groups is 1. The quantitative estimate of drug-likeness (QED) is 0.683. The van der Waals surface area contributed by atoms with Gasteiger partial charge in [0.1, 0.15) is 0 Å². The lowest BCUT2D eigenvalue weighted by Gasteiger charge is -1.95. The zero-order chi connectivity index (χ0) is 9.42. The lowest BCUT2D eigenvalue weighted by Crippen LogP contribution is -2.11. The van der Waals surface area contributed by atoms with Crippen molar-refractivity contribution in [3.05, 3.63) is 35.4 Å². The Labute approximate surface area is 73.5 Å². The van der Waals surface area contributed by atoms with Crippen LogP contribution in [0.3, 0.4) is 0 Å². The van der Waals surface area contributed by atoms with Gasteiger partial charge >= 0.3 is 5.97 Å². The van der Waals surface area contributed by atoms with Crippen LogP contribution in [0.2, 0.25) is 0 Å². The number of fused-ring (bicyclic) bond motifs is 1. The Morgan fingerprint density at radius 1 is 1.23 bits per heavy atom. The molecule has 1 aliphatic rings. The normalized spacial score (nSPS) is 13.8. The van der Waals surface area contributed by atoms with Crippen LogP contribution in [-0.2, 0) is 4.79 Å². The zero-order valence-corrected chi connectivity index (χ0v) is 6.52. The number of amides is 1. The van der Waals surface area contributed by atoms with E-state index in [2.05, 4.69) is 4.99 Å². The van der Waals surface area contributed by atoms with Crippen LogP contribution in [0.25, 0.3) is 0 Å². The number of carbonyl (C=O) groups excluding carboxylic acids is 1. The Morgan fingerprint density at radius 3 is 2.46 bits per heavy atom. The van der Waals surface area contributed by atoms with Crippen molar-refractivity contribution in [2.45, 2.75) is 0 Å². The van der Waals surface area contributed by atoms with Gasteiger partial charge in [0.05, 0.1) is 5.56 Å². The Morgan fingerprint density at radius 2 is 1.85 bits per heavy atom. The van der Waals surface area contributed by atoms with Crippen molar-refractivity contribution in [2.24, 2.45) is 4.99 Å². The van der Waals surface area contributed by atoms with Gasteiger partial charge in [-0.05, 0) is 6.07 Å². The molecule has 0 spiro atoms.